The standard InChI is InChI=1S/C21H25FN4O/c1-11(2)26-18-9-15(5-3-12(18)10-23-26)24-21(27)25-20-17-8-13-7-14(22)4-6-16(13)19(17)20/h4,6-7,10-11,15,17,19-20H,3,5,8-9H2,1-2H3,(H2,24,25,27). The van der Waals surface area contributed by atoms with Crippen molar-refractivity contribution in [2.45, 2.75) is 63.6 Å². The fraction of sp³-hybridized carbons (Fsp3) is 0.524. The van der Waals surface area contributed by atoms with Crippen molar-refractivity contribution in [2.75, 3.05) is 0 Å². The molecule has 0 radical (unpaired) electrons. The Morgan fingerprint density at radius 2 is 2.11 bits per heavy atom. The summed E-state index contributed by atoms with van der Waals surface area (Å²) in [6.07, 6.45) is 5.57. The van der Waals surface area contributed by atoms with Crippen molar-refractivity contribution < 1.29 is 9.18 Å². The summed E-state index contributed by atoms with van der Waals surface area (Å²) in [5.41, 5.74) is 4.86. The topological polar surface area (TPSA) is 59.0 Å². The van der Waals surface area contributed by atoms with Crippen LogP contribution in [0.2, 0.25) is 0 Å². The van der Waals surface area contributed by atoms with E-state index in [0.29, 0.717) is 17.9 Å². The van der Waals surface area contributed by atoms with Crippen molar-refractivity contribution in [3.63, 3.8) is 0 Å². The first-order valence-corrected chi connectivity index (χ1v) is 9.92. The molecule has 2 amide bonds. The van der Waals surface area contributed by atoms with Crippen LogP contribution in [0.1, 0.15) is 54.6 Å². The van der Waals surface area contributed by atoms with E-state index in [9.17, 15) is 9.18 Å². The molecule has 0 bridgehead atoms. The van der Waals surface area contributed by atoms with Crippen LogP contribution in [0.4, 0.5) is 9.18 Å². The number of rotatable bonds is 3. The molecule has 4 atom stereocenters. The third kappa shape index (κ3) is 2.82. The van der Waals surface area contributed by atoms with Gasteiger partial charge in [-0.1, -0.05) is 6.07 Å². The predicted octanol–water partition coefficient (Wildman–Crippen LogP) is 3.10. The minimum atomic E-state index is -0.172. The minimum absolute atomic E-state index is 0.0814. The Hall–Kier alpha value is -2.37. The second-order valence-electron chi connectivity index (χ2n) is 8.48. The molecule has 1 fully saturated rings. The van der Waals surface area contributed by atoms with E-state index in [-0.39, 0.29) is 23.9 Å². The van der Waals surface area contributed by atoms with Crippen molar-refractivity contribution in [3.8, 4) is 0 Å². The number of aromatic nitrogens is 2. The predicted molar refractivity (Wildman–Crippen MR) is 100 cm³/mol. The highest BCUT2D eigenvalue weighted by Crippen LogP contribution is 2.56. The Morgan fingerprint density at radius 1 is 1.26 bits per heavy atom. The fourth-order valence-electron chi connectivity index (χ4n) is 5.05. The van der Waals surface area contributed by atoms with Gasteiger partial charge in [0.2, 0.25) is 0 Å². The maximum absolute atomic E-state index is 13.3. The molecule has 1 saturated carbocycles. The lowest BCUT2D eigenvalue weighted by Gasteiger charge is -2.25. The molecule has 1 heterocycles. The van der Waals surface area contributed by atoms with E-state index in [1.165, 1.54) is 22.9 Å². The van der Waals surface area contributed by atoms with Gasteiger partial charge in [0, 0.05) is 36.2 Å². The number of aryl methyl sites for hydroxylation is 1. The fourth-order valence-corrected chi connectivity index (χ4v) is 5.05. The van der Waals surface area contributed by atoms with Crippen LogP contribution in [0.15, 0.2) is 24.4 Å². The summed E-state index contributed by atoms with van der Waals surface area (Å²) < 4.78 is 15.4. The number of nitrogens with one attached hydrogen (secondary N) is 2. The van der Waals surface area contributed by atoms with E-state index < -0.39 is 0 Å². The summed E-state index contributed by atoms with van der Waals surface area (Å²) in [4.78, 5) is 12.5. The number of urea groups is 1. The molecular weight excluding hydrogens is 343 g/mol. The van der Waals surface area contributed by atoms with Crippen molar-refractivity contribution in [2.24, 2.45) is 5.92 Å². The zero-order valence-corrected chi connectivity index (χ0v) is 15.7. The average Bonchev–Trinajstić information content (AvgIpc) is 2.98. The molecule has 0 aliphatic heterocycles. The van der Waals surface area contributed by atoms with Gasteiger partial charge in [0.1, 0.15) is 5.82 Å². The van der Waals surface area contributed by atoms with Crippen molar-refractivity contribution in [3.05, 3.63) is 52.6 Å². The summed E-state index contributed by atoms with van der Waals surface area (Å²) in [7, 11) is 0. The highest BCUT2D eigenvalue weighted by atomic mass is 19.1. The second kappa shape index (κ2) is 6.08. The Morgan fingerprint density at radius 3 is 2.93 bits per heavy atom. The summed E-state index contributed by atoms with van der Waals surface area (Å²) in [6, 6.07) is 5.61. The van der Waals surface area contributed by atoms with Crippen LogP contribution in [-0.4, -0.2) is 27.9 Å². The SMILES string of the molecule is CC(C)n1ncc2c1CC(NC(=O)NC1C3Cc4cc(F)ccc4C31)CC2. The lowest BCUT2D eigenvalue weighted by atomic mass is 9.93. The van der Waals surface area contributed by atoms with Crippen LogP contribution < -0.4 is 10.6 Å². The van der Waals surface area contributed by atoms with Gasteiger partial charge in [-0.05, 0) is 67.9 Å². The maximum Gasteiger partial charge on any atom is 0.315 e. The number of nitrogens with zero attached hydrogens (tertiary/aromatic N) is 2. The molecule has 27 heavy (non-hydrogen) atoms. The monoisotopic (exact) mass is 368 g/mol. The lowest BCUT2D eigenvalue weighted by Crippen LogP contribution is -2.46. The smallest absolute Gasteiger partial charge is 0.315 e. The Labute approximate surface area is 158 Å². The van der Waals surface area contributed by atoms with Gasteiger partial charge >= 0.3 is 6.03 Å². The first-order chi connectivity index (χ1) is 13.0. The second-order valence-corrected chi connectivity index (χ2v) is 8.48. The van der Waals surface area contributed by atoms with E-state index in [0.717, 1.165) is 31.2 Å². The maximum atomic E-state index is 13.3. The number of carbonyl (C=O) groups excluding carboxylic acids is 1. The molecule has 2 N–H and O–H groups in total. The van der Waals surface area contributed by atoms with Crippen LogP contribution in [0.5, 0.6) is 0 Å². The van der Waals surface area contributed by atoms with Gasteiger partial charge in [-0.25, -0.2) is 9.18 Å². The van der Waals surface area contributed by atoms with Gasteiger partial charge in [0.25, 0.3) is 0 Å². The van der Waals surface area contributed by atoms with E-state index in [4.69, 9.17) is 0 Å². The molecule has 2 aromatic rings. The number of halogens is 1. The molecule has 142 valence electrons. The van der Waals surface area contributed by atoms with Crippen LogP contribution >= 0.6 is 0 Å². The molecule has 3 aliphatic carbocycles. The molecule has 0 saturated heterocycles. The number of carbonyl (C=O) groups is 1. The number of fused-ring (bicyclic) bond motifs is 4. The Balaban J connectivity index is 1.19. The molecule has 1 aromatic carbocycles. The minimum Gasteiger partial charge on any atom is -0.335 e. The first kappa shape index (κ1) is 16.8. The molecule has 3 aliphatic rings. The molecular formula is C21H25FN4O. The van der Waals surface area contributed by atoms with Gasteiger partial charge in [-0.2, -0.15) is 5.10 Å². The van der Waals surface area contributed by atoms with Gasteiger partial charge in [0.05, 0.1) is 6.20 Å². The highest BCUT2D eigenvalue weighted by molar-refractivity contribution is 5.76. The van der Waals surface area contributed by atoms with E-state index in [2.05, 4.69) is 34.3 Å². The molecule has 6 heteroatoms. The number of benzene rings is 1. The van der Waals surface area contributed by atoms with Gasteiger partial charge in [0.15, 0.2) is 0 Å². The molecule has 5 nitrogen and oxygen atoms in total. The lowest BCUT2D eigenvalue weighted by molar-refractivity contribution is 0.234. The number of hydrogen-bond donors (Lipinski definition) is 2. The van der Waals surface area contributed by atoms with Crippen LogP contribution in [0.25, 0.3) is 0 Å². The normalized spacial score (nSPS) is 27.7. The molecule has 5 rings (SSSR count). The van der Waals surface area contributed by atoms with Crippen LogP contribution in [-0.2, 0) is 19.3 Å². The quantitative estimate of drug-likeness (QED) is 0.875. The van der Waals surface area contributed by atoms with Crippen LogP contribution in [0.3, 0.4) is 0 Å². The number of amides is 2. The zero-order chi connectivity index (χ0) is 18.7. The summed E-state index contributed by atoms with van der Waals surface area (Å²) >= 11 is 0. The Kier molecular flexibility index (Phi) is 3.78. The highest BCUT2D eigenvalue weighted by Gasteiger charge is 2.56. The first-order valence-electron chi connectivity index (χ1n) is 9.92. The summed E-state index contributed by atoms with van der Waals surface area (Å²) in [6.45, 7) is 4.26. The largest absolute Gasteiger partial charge is 0.335 e. The third-order valence-electron chi connectivity index (χ3n) is 6.40. The van der Waals surface area contributed by atoms with E-state index >= 15 is 0 Å². The van der Waals surface area contributed by atoms with Gasteiger partial charge in [-0.3, -0.25) is 4.68 Å². The zero-order valence-electron chi connectivity index (χ0n) is 15.7. The molecule has 4 unspecified atom stereocenters. The molecule has 1 aromatic heterocycles. The van der Waals surface area contributed by atoms with Crippen LogP contribution in [0, 0.1) is 11.7 Å². The van der Waals surface area contributed by atoms with E-state index in [1.54, 1.807) is 6.07 Å². The van der Waals surface area contributed by atoms with Gasteiger partial charge < -0.3 is 10.6 Å². The Bertz CT molecular complexity index is 906. The summed E-state index contributed by atoms with van der Waals surface area (Å²) in [5.74, 6) is 0.606. The van der Waals surface area contributed by atoms with E-state index in [1.807, 2.05) is 12.3 Å². The summed E-state index contributed by atoms with van der Waals surface area (Å²) in [5, 5.41) is 10.8. The number of hydrogen-bond acceptors (Lipinski definition) is 2. The molecule has 0 spiro atoms. The van der Waals surface area contributed by atoms with Gasteiger partial charge in [-0.15, -0.1) is 0 Å². The third-order valence-corrected chi connectivity index (χ3v) is 6.40. The van der Waals surface area contributed by atoms with Crippen molar-refractivity contribution >= 4 is 6.03 Å². The average molecular weight is 368 g/mol. The van der Waals surface area contributed by atoms with Crippen molar-refractivity contribution in [1.82, 2.24) is 20.4 Å². The van der Waals surface area contributed by atoms with Crippen molar-refractivity contribution in [1.29, 1.82) is 0 Å².